The fourth-order valence-corrected chi connectivity index (χ4v) is 1.16. The molecule has 1 aliphatic heterocycles. The molecule has 0 aromatic carbocycles. The highest BCUT2D eigenvalue weighted by Gasteiger charge is 2.09. The van der Waals surface area contributed by atoms with E-state index in [-0.39, 0.29) is 5.12 Å². The summed E-state index contributed by atoms with van der Waals surface area (Å²) in [5.41, 5.74) is 0.668. The molecule has 1 heterocycles. The van der Waals surface area contributed by atoms with Crippen LogP contribution in [0.3, 0.4) is 0 Å². The highest BCUT2D eigenvalue weighted by Crippen LogP contribution is 2.07. The Bertz CT molecular complexity index is 141. The van der Waals surface area contributed by atoms with Gasteiger partial charge in [0.1, 0.15) is 0 Å². The van der Waals surface area contributed by atoms with Crippen molar-refractivity contribution < 1.29 is 4.79 Å². The molecule has 44 valence electrons. The number of thioether (sulfide) groups is 1. The molecule has 0 spiro atoms. The van der Waals surface area contributed by atoms with E-state index in [1.165, 1.54) is 11.8 Å². The predicted octanol–water partition coefficient (Wildman–Crippen LogP) is 0.721. The summed E-state index contributed by atoms with van der Waals surface area (Å²) >= 11 is 1.36. The Morgan fingerprint density at radius 1 is 1.75 bits per heavy atom. The van der Waals surface area contributed by atoms with Crippen molar-refractivity contribution in [2.24, 2.45) is 4.99 Å². The van der Waals surface area contributed by atoms with Crippen molar-refractivity contribution in [1.82, 2.24) is 0 Å². The second-order valence-electron chi connectivity index (χ2n) is 1.60. The molecule has 0 saturated heterocycles. The van der Waals surface area contributed by atoms with Crippen LogP contribution in [0.4, 0.5) is 0 Å². The summed E-state index contributed by atoms with van der Waals surface area (Å²) < 4.78 is 0. The van der Waals surface area contributed by atoms with Gasteiger partial charge in [-0.2, -0.15) is 0 Å². The van der Waals surface area contributed by atoms with E-state index in [0.29, 0.717) is 5.71 Å². The zero-order valence-electron chi connectivity index (χ0n) is 4.68. The van der Waals surface area contributed by atoms with E-state index >= 15 is 0 Å². The zero-order valence-corrected chi connectivity index (χ0v) is 5.49. The van der Waals surface area contributed by atoms with Gasteiger partial charge >= 0.3 is 0 Å². The summed E-state index contributed by atoms with van der Waals surface area (Å²) in [5, 5.41) is 0.135. The highest BCUT2D eigenvalue weighted by molar-refractivity contribution is 8.15. The molecule has 0 unspecified atom stereocenters. The standard InChI is InChI=1S/C5H7NOS/c1-4-5(7)8-3-2-6-4/h2-3H2,1H3. The molecule has 0 atom stereocenters. The Balaban J connectivity index is 2.67. The van der Waals surface area contributed by atoms with Gasteiger partial charge in [-0.15, -0.1) is 0 Å². The molecule has 0 aromatic heterocycles. The maximum absolute atomic E-state index is 10.6. The first-order chi connectivity index (χ1) is 3.80. The molecule has 3 heteroatoms. The number of hydrogen-bond acceptors (Lipinski definition) is 3. The monoisotopic (exact) mass is 129 g/mol. The number of aliphatic imine (C=N–C) groups is 1. The minimum absolute atomic E-state index is 0.135. The van der Waals surface area contributed by atoms with Gasteiger partial charge in [-0.25, -0.2) is 0 Å². The average molecular weight is 129 g/mol. The van der Waals surface area contributed by atoms with Crippen molar-refractivity contribution in [3.63, 3.8) is 0 Å². The maximum atomic E-state index is 10.6. The second-order valence-corrected chi connectivity index (χ2v) is 2.67. The van der Waals surface area contributed by atoms with Crippen LogP contribution in [0.15, 0.2) is 4.99 Å². The van der Waals surface area contributed by atoms with Crippen LogP contribution >= 0.6 is 11.8 Å². The van der Waals surface area contributed by atoms with Gasteiger partial charge in [0.15, 0.2) is 0 Å². The normalized spacial score (nSPS) is 20.6. The SMILES string of the molecule is CC1=NCCSC1=O. The van der Waals surface area contributed by atoms with Gasteiger partial charge in [-0.3, -0.25) is 9.79 Å². The maximum Gasteiger partial charge on any atom is 0.232 e. The van der Waals surface area contributed by atoms with Crippen molar-refractivity contribution in [1.29, 1.82) is 0 Å². The summed E-state index contributed by atoms with van der Waals surface area (Å²) in [4.78, 5) is 14.6. The van der Waals surface area contributed by atoms with Crippen molar-refractivity contribution in [3.8, 4) is 0 Å². The Hall–Kier alpha value is -0.310. The molecule has 0 aliphatic carbocycles. The second kappa shape index (κ2) is 2.31. The quantitative estimate of drug-likeness (QED) is 0.482. The summed E-state index contributed by atoms with van der Waals surface area (Å²) in [6.07, 6.45) is 0. The van der Waals surface area contributed by atoms with E-state index in [1.54, 1.807) is 6.92 Å². The van der Waals surface area contributed by atoms with Gasteiger partial charge in [0.05, 0.1) is 5.71 Å². The lowest BCUT2D eigenvalue weighted by molar-refractivity contribution is -0.105. The van der Waals surface area contributed by atoms with E-state index in [4.69, 9.17) is 0 Å². The van der Waals surface area contributed by atoms with E-state index in [0.717, 1.165) is 12.3 Å². The lowest BCUT2D eigenvalue weighted by Crippen LogP contribution is -2.12. The Labute approximate surface area is 52.4 Å². The Kier molecular flexibility index (Phi) is 1.68. The molecule has 0 amide bonds. The number of carbonyl (C=O) groups is 1. The third kappa shape index (κ3) is 1.10. The zero-order chi connectivity index (χ0) is 5.98. The molecule has 0 aromatic rings. The minimum atomic E-state index is 0.135. The van der Waals surface area contributed by atoms with Gasteiger partial charge in [0, 0.05) is 12.3 Å². The van der Waals surface area contributed by atoms with E-state index in [9.17, 15) is 4.79 Å². The fraction of sp³-hybridized carbons (Fsp3) is 0.600. The fourth-order valence-electron chi connectivity index (χ4n) is 0.521. The van der Waals surface area contributed by atoms with Crippen molar-refractivity contribution >= 4 is 22.6 Å². The molecule has 2 nitrogen and oxygen atoms in total. The highest BCUT2D eigenvalue weighted by atomic mass is 32.2. The largest absolute Gasteiger partial charge is 0.285 e. The molecular weight excluding hydrogens is 122 g/mol. The van der Waals surface area contributed by atoms with E-state index in [1.807, 2.05) is 0 Å². The van der Waals surface area contributed by atoms with Crippen molar-refractivity contribution in [2.45, 2.75) is 6.92 Å². The molecule has 0 bridgehead atoms. The molecule has 1 rings (SSSR count). The minimum Gasteiger partial charge on any atom is -0.285 e. The van der Waals surface area contributed by atoms with Crippen LogP contribution in [0.5, 0.6) is 0 Å². The van der Waals surface area contributed by atoms with Crippen molar-refractivity contribution in [3.05, 3.63) is 0 Å². The molecule has 1 aliphatic rings. The first kappa shape index (κ1) is 5.82. The van der Waals surface area contributed by atoms with Crippen LogP contribution in [0.1, 0.15) is 6.92 Å². The van der Waals surface area contributed by atoms with Gasteiger partial charge in [0.25, 0.3) is 0 Å². The Morgan fingerprint density at radius 2 is 2.50 bits per heavy atom. The van der Waals surface area contributed by atoms with Crippen LogP contribution in [0, 0.1) is 0 Å². The van der Waals surface area contributed by atoms with Crippen LogP contribution in [0.25, 0.3) is 0 Å². The molecule has 0 saturated carbocycles. The van der Waals surface area contributed by atoms with Crippen LogP contribution in [-0.2, 0) is 4.79 Å². The lowest BCUT2D eigenvalue weighted by atomic mass is 10.5. The third-order valence-electron chi connectivity index (χ3n) is 0.969. The third-order valence-corrected chi connectivity index (χ3v) is 1.91. The number of hydrogen-bond donors (Lipinski definition) is 0. The molecule has 8 heavy (non-hydrogen) atoms. The summed E-state index contributed by atoms with van der Waals surface area (Å²) in [5.74, 6) is 0.857. The topological polar surface area (TPSA) is 29.4 Å². The molecule has 0 radical (unpaired) electrons. The lowest BCUT2D eigenvalue weighted by Gasteiger charge is -2.03. The molecular formula is C5H7NOS. The first-order valence-electron chi connectivity index (χ1n) is 2.49. The van der Waals surface area contributed by atoms with E-state index < -0.39 is 0 Å². The summed E-state index contributed by atoms with van der Waals surface area (Å²) in [6, 6.07) is 0. The van der Waals surface area contributed by atoms with Gasteiger partial charge in [-0.05, 0) is 6.92 Å². The summed E-state index contributed by atoms with van der Waals surface area (Å²) in [6.45, 7) is 2.57. The average Bonchev–Trinajstić information content (AvgIpc) is 1.77. The Morgan fingerprint density at radius 3 is 2.88 bits per heavy atom. The van der Waals surface area contributed by atoms with Crippen molar-refractivity contribution in [2.75, 3.05) is 12.3 Å². The predicted molar refractivity (Wildman–Crippen MR) is 35.4 cm³/mol. The number of nitrogens with zero attached hydrogens (tertiary/aromatic N) is 1. The van der Waals surface area contributed by atoms with E-state index in [2.05, 4.69) is 4.99 Å². The van der Waals surface area contributed by atoms with Crippen LogP contribution in [0.2, 0.25) is 0 Å². The number of carbonyl (C=O) groups excluding carboxylic acids is 1. The molecule has 0 fully saturated rings. The molecule has 0 N–H and O–H groups in total. The number of rotatable bonds is 0. The van der Waals surface area contributed by atoms with Gasteiger partial charge in [0.2, 0.25) is 5.12 Å². The summed E-state index contributed by atoms with van der Waals surface area (Å²) in [7, 11) is 0. The van der Waals surface area contributed by atoms with Crippen LogP contribution in [-0.4, -0.2) is 23.1 Å². The van der Waals surface area contributed by atoms with Gasteiger partial charge in [-0.1, -0.05) is 11.8 Å². The first-order valence-corrected chi connectivity index (χ1v) is 3.47. The van der Waals surface area contributed by atoms with Gasteiger partial charge < -0.3 is 0 Å². The smallest absolute Gasteiger partial charge is 0.232 e. The van der Waals surface area contributed by atoms with Crippen LogP contribution < -0.4 is 0 Å².